The molecule has 1 aliphatic heterocycles. The molecule has 1 aliphatic rings. The Labute approximate surface area is 284 Å². The van der Waals surface area contributed by atoms with Crippen LogP contribution in [-0.2, 0) is 20.1 Å². The molecule has 0 saturated carbocycles. The fourth-order valence-electron chi connectivity index (χ4n) is 6.19. The van der Waals surface area contributed by atoms with Crippen LogP contribution in [0.2, 0.25) is 28.8 Å². The van der Waals surface area contributed by atoms with Crippen molar-refractivity contribution in [3.63, 3.8) is 0 Å². The molecular formula is C39H34Ge2IrN2O-2. The fraction of sp³-hybridized carbons (Fsp3) is 0.128. The predicted octanol–water partition coefficient (Wildman–Crippen LogP) is 8.34. The van der Waals surface area contributed by atoms with Gasteiger partial charge in [-0.3, -0.25) is 0 Å². The van der Waals surface area contributed by atoms with Crippen LogP contribution in [0.5, 0.6) is 0 Å². The normalized spacial score (nSPS) is 13.0. The molecule has 225 valence electrons. The third kappa shape index (κ3) is 5.90. The van der Waals surface area contributed by atoms with Crippen LogP contribution in [0.15, 0.2) is 120 Å². The number of benzene rings is 4. The van der Waals surface area contributed by atoms with Crippen molar-refractivity contribution in [1.29, 1.82) is 0 Å². The van der Waals surface area contributed by atoms with Crippen LogP contribution in [0.3, 0.4) is 0 Å². The third-order valence-corrected chi connectivity index (χ3v) is 20.4. The summed E-state index contributed by atoms with van der Waals surface area (Å²) in [5, 5.41) is 2.35. The SMILES string of the molecule is [CH3][Ge]([CH3])([CH3])[c]1ccc(-c2[c-]cccc2)nc1.[CH3][Ge]1([CH3])[c]2ccccc2-c2cc3oc4c(-c5ccccn5)[c-]ccc4c3c[c]21.[Ir]. The number of nitrogens with zero attached hydrogens (tertiary/aromatic N) is 2. The van der Waals surface area contributed by atoms with Gasteiger partial charge in [-0.1, -0.05) is 0 Å². The predicted molar refractivity (Wildman–Crippen MR) is 189 cm³/mol. The van der Waals surface area contributed by atoms with Gasteiger partial charge in [0, 0.05) is 20.1 Å². The molecule has 4 heterocycles. The molecule has 0 N–H and O–H groups in total. The van der Waals surface area contributed by atoms with Crippen LogP contribution < -0.4 is 13.2 Å². The molecule has 8 rings (SSSR count). The maximum Gasteiger partial charge on any atom is 0 e. The largest absolute Gasteiger partial charge is 0 e. The molecule has 7 aromatic rings. The summed E-state index contributed by atoms with van der Waals surface area (Å²) in [5.41, 5.74) is 8.46. The van der Waals surface area contributed by atoms with E-state index in [-0.39, 0.29) is 20.1 Å². The van der Waals surface area contributed by atoms with Crippen molar-refractivity contribution in [2.45, 2.75) is 28.8 Å². The van der Waals surface area contributed by atoms with Crippen molar-refractivity contribution in [3.05, 3.63) is 128 Å². The van der Waals surface area contributed by atoms with Gasteiger partial charge < -0.3 is 0 Å². The molecule has 45 heavy (non-hydrogen) atoms. The number of furan rings is 1. The number of hydrogen-bond acceptors (Lipinski definition) is 3. The van der Waals surface area contributed by atoms with Crippen LogP contribution in [0.1, 0.15) is 0 Å². The average Bonchev–Trinajstić information content (AvgIpc) is 3.53. The number of pyridine rings is 2. The Morgan fingerprint density at radius 1 is 0.689 bits per heavy atom. The topological polar surface area (TPSA) is 38.9 Å². The van der Waals surface area contributed by atoms with Crippen molar-refractivity contribution in [3.8, 4) is 33.6 Å². The van der Waals surface area contributed by atoms with Gasteiger partial charge >= 0.3 is 266 Å². The molecular weight excluding hydrogens is 850 g/mol. The van der Waals surface area contributed by atoms with Gasteiger partial charge in [0.25, 0.3) is 0 Å². The summed E-state index contributed by atoms with van der Waals surface area (Å²) >= 11 is -4.00. The number of rotatable bonds is 3. The van der Waals surface area contributed by atoms with Crippen LogP contribution in [0.25, 0.3) is 55.6 Å². The summed E-state index contributed by atoms with van der Waals surface area (Å²) in [5.74, 6) is 12.1. The summed E-state index contributed by atoms with van der Waals surface area (Å²) < 4.78 is 11.0. The maximum absolute atomic E-state index is 6.40. The first-order valence-electron chi connectivity index (χ1n) is 15.1. The summed E-state index contributed by atoms with van der Waals surface area (Å²) in [6, 6.07) is 42.4. The van der Waals surface area contributed by atoms with E-state index in [4.69, 9.17) is 4.42 Å². The zero-order valence-electron chi connectivity index (χ0n) is 26.1. The molecule has 4 aromatic carbocycles. The Balaban J connectivity index is 0.000000181. The van der Waals surface area contributed by atoms with E-state index in [2.05, 4.69) is 105 Å². The Kier molecular flexibility index (Phi) is 8.79. The summed E-state index contributed by atoms with van der Waals surface area (Å²) in [6.07, 6.45) is 3.85. The minimum absolute atomic E-state index is 0. The standard InChI is InChI=1S/C25H18GeNO.C14H16GeN.Ir/c1-26(2)21-11-4-3-8-16(21)19-15-24-20(14-22(19)26)17-9-7-10-18(25(17)28-24)23-12-5-6-13-27-23;1-15(2,3)13-9-10-14(16-11-13)12-7-5-4-6-8-12;/h3-9,11-15H,1-2H3;4-7,9-11H,1-3H3;/q2*-1;. The zero-order valence-corrected chi connectivity index (χ0v) is 32.7. The number of fused-ring (bicyclic) bond motifs is 6. The Hall–Kier alpha value is -3.28. The van der Waals surface area contributed by atoms with E-state index >= 15 is 0 Å². The average molecular weight is 884 g/mol. The maximum atomic E-state index is 6.40. The number of aromatic nitrogens is 2. The Bertz CT molecular complexity index is 2120. The molecule has 3 nitrogen and oxygen atoms in total. The van der Waals surface area contributed by atoms with Crippen LogP contribution >= 0.6 is 0 Å². The van der Waals surface area contributed by atoms with Gasteiger partial charge in [0.05, 0.1) is 0 Å². The monoisotopic (exact) mass is 887 g/mol. The minimum Gasteiger partial charge on any atom is 0 e. The first-order valence-corrected chi connectivity index (χ1v) is 28.7. The smallest absolute Gasteiger partial charge is 0 e. The molecule has 0 spiro atoms. The van der Waals surface area contributed by atoms with Gasteiger partial charge in [0.1, 0.15) is 0 Å². The number of hydrogen-bond donors (Lipinski definition) is 0. The first-order chi connectivity index (χ1) is 21.2. The second-order valence-corrected chi connectivity index (χ2v) is 32.7. The van der Waals surface area contributed by atoms with Crippen molar-refractivity contribution >= 4 is 61.7 Å². The molecule has 3 aromatic heterocycles. The molecule has 0 aliphatic carbocycles. The van der Waals surface area contributed by atoms with E-state index in [0.29, 0.717) is 0 Å². The minimum atomic E-state index is -2.29. The van der Waals surface area contributed by atoms with E-state index < -0.39 is 26.5 Å². The van der Waals surface area contributed by atoms with Crippen molar-refractivity contribution in [2.75, 3.05) is 0 Å². The summed E-state index contributed by atoms with van der Waals surface area (Å²) in [4.78, 5) is 9.03. The van der Waals surface area contributed by atoms with Crippen LogP contribution in [-0.4, -0.2) is 36.5 Å². The van der Waals surface area contributed by atoms with Crippen molar-refractivity contribution in [2.24, 2.45) is 0 Å². The first kappa shape index (κ1) is 31.7. The third-order valence-electron chi connectivity index (χ3n) is 8.67. The summed E-state index contributed by atoms with van der Waals surface area (Å²) in [7, 11) is 0. The Morgan fingerprint density at radius 2 is 1.49 bits per heavy atom. The second kappa shape index (κ2) is 12.5. The van der Waals surface area contributed by atoms with E-state index in [9.17, 15) is 0 Å². The zero-order chi connectivity index (χ0) is 30.5. The van der Waals surface area contributed by atoms with Gasteiger partial charge in [-0.15, -0.1) is 0 Å². The molecule has 0 atom stereocenters. The summed E-state index contributed by atoms with van der Waals surface area (Å²) in [6.45, 7) is 0. The second-order valence-electron chi connectivity index (χ2n) is 12.9. The van der Waals surface area contributed by atoms with Gasteiger partial charge in [-0.2, -0.15) is 0 Å². The van der Waals surface area contributed by atoms with Gasteiger partial charge in [0.2, 0.25) is 0 Å². The van der Waals surface area contributed by atoms with Crippen molar-refractivity contribution in [1.82, 2.24) is 9.97 Å². The molecule has 6 heteroatoms. The van der Waals surface area contributed by atoms with E-state index in [0.717, 1.165) is 39.1 Å². The fourth-order valence-corrected chi connectivity index (χ4v) is 14.8. The molecule has 0 fully saturated rings. The molecule has 1 radical (unpaired) electrons. The van der Waals surface area contributed by atoms with Gasteiger partial charge in [0.15, 0.2) is 0 Å². The Morgan fingerprint density at radius 3 is 2.20 bits per heavy atom. The van der Waals surface area contributed by atoms with Gasteiger partial charge in [-0.05, 0) is 0 Å². The van der Waals surface area contributed by atoms with Crippen molar-refractivity contribution < 1.29 is 24.5 Å². The quantitative estimate of drug-likeness (QED) is 0.133. The van der Waals surface area contributed by atoms with Gasteiger partial charge in [-0.25, -0.2) is 0 Å². The molecule has 0 unspecified atom stereocenters. The van der Waals surface area contributed by atoms with E-state index in [1.807, 2.05) is 60.9 Å². The molecule has 0 amide bonds. The van der Waals surface area contributed by atoms with E-state index in [1.54, 1.807) is 8.79 Å². The molecule has 0 bridgehead atoms. The van der Waals surface area contributed by atoms with E-state index in [1.165, 1.54) is 20.9 Å². The molecule has 0 saturated heterocycles. The van der Waals surface area contributed by atoms with Crippen LogP contribution in [0.4, 0.5) is 0 Å². The van der Waals surface area contributed by atoms with Crippen LogP contribution in [0, 0.1) is 12.1 Å².